The Labute approximate surface area is 185 Å². The van der Waals surface area contributed by atoms with Gasteiger partial charge in [0.05, 0.1) is 17.5 Å². The summed E-state index contributed by atoms with van der Waals surface area (Å²) in [5.41, 5.74) is 2.72. The molecule has 0 aromatic heterocycles. The molecule has 1 aliphatic heterocycles. The molecule has 0 aliphatic carbocycles. The fourth-order valence-electron chi connectivity index (χ4n) is 4.43. The van der Waals surface area contributed by atoms with Crippen molar-refractivity contribution in [3.05, 3.63) is 95.6 Å². The summed E-state index contributed by atoms with van der Waals surface area (Å²) in [5.74, 6) is -1.39. The van der Waals surface area contributed by atoms with Gasteiger partial charge in [-0.3, -0.25) is 9.69 Å². The lowest BCUT2D eigenvalue weighted by atomic mass is 9.90. The van der Waals surface area contributed by atoms with Crippen LogP contribution in [0, 0.1) is 5.92 Å². The first-order chi connectivity index (χ1) is 15.3. The zero-order chi connectivity index (χ0) is 22.7. The van der Waals surface area contributed by atoms with Crippen LogP contribution in [0.25, 0.3) is 11.1 Å². The smallest absolute Gasteiger partial charge is 0.416 e. The Morgan fingerprint density at radius 2 is 1.59 bits per heavy atom. The van der Waals surface area contributed by atoms with Crippen molar-refractivity contribution >= 4 is 5.97 Å². The number of carbonyl (C=O) groups is 1. The molecule has 2 unspecified atom stereocenters. The molecule has 0 bridgehead atoms. The molecule has 166 valence electrons. The Bertz CT molecular complexity index is 1060. The maximum Gasteiger partial charge on any atom is 0.416 e. The number of carboxylic acids is 1. The van der Waals surface area contributed by atoms with Crippen molar-refractivity contribution in [2.75, 3.05) is 13.1 Å². The van der Waals surface area contributed by atoms with E-state index in [1.54, 1.807) is 6.07 Å². The molecule has 1 aliphatic rings. The van der Waals surface area contributed by atoms with E-state index >= 15 is 0 Å². The monoisotopic (exact) mass is 439 g/mol. The molecule has 4 rings (SSSR count). The fraction of sp³-hybridized carbons (Fsp3) is 0.269. The minimum absolute atomic E-state index is 0.302. The van der Waals surface area contributed by atoms with E-state index in [1.165, 1.54) is 12.1 Å². The summed E-state index contributed by atoms with van der Waals surface area (Å²) < 4.78 is 40.2. The van der Waals surface area contributed by atoms with Crippen LogP contribution in [0.5, 0.6) is 0 Å². The van der Waals surface area contributed by atoms with E-state index in [2.05, 4.69) is 0 Å². The molecule has 0 spiro atoms. The van der Waals surface area contributed by atoms with Crippen molar-refractivity contribution in [3.8, 4) is 11.1 Å². The third-order valence-corrected chi connectivity index (χ3v) is 6.03. The molecule has 1 fully saturated rings. The molecule has 0 saturated carbocycles. The molecule has 3 nitrogen and oxygen atoms in total. The summed E-state index contributed by atoms with van der Waals surface area (Å²) in [6.07, 6.45) is -3.17. The van der Waals surface area contributed by atoms with Crippen molar-refractivity contribution < 1.29 is 23.1 Å². The van der Waals surface area contributed by atoms with Crippen molar-refractivity contribution in [3.63, 3.8) is 0 Å². The number of aliphatic carboxylic acids is 1. The van der Waals surface area contributed by atoms with Crippen molar-refractivity contribution in [2.24, 2.45) is 5.92 Å². The molecular formula is C26H24F3NO2. The molecule has 3 aromatic rings. The number of piperidine rings is 1. The Kier molecular flexibility index (Phi) is 6.33. The second-order valence-corrected chi connectivity index (χ2v) is 8.19. The van der Waals surface area contributed by atoms with Crippen LogP contribution in [0.4, 0.5) is 13.2 Å². The quantitative estimate of drug-likeness (QED) is 0.510. The van der Waals surface area contributed by atoms with E-state index in [1.807, 2.05) is 59.5 Å². The average molecular weight is 439 g/mol. The molecule has 32 heavy (non-hydrogen) atoms. The number of hydrogen-bond donors (Lipinski definition) is 1. The van der Waals surface area contributed by atoms with Crippen LogP contribution in [0.15, 0.2) is 78.9 Å². The highest BCUT2D eigenvalue weighted by Gasteiger charge is 2.34. The zero-order valence-corrected chi connectivity index (χ0v) is 17.4. The van der Waals surface area contributed by atoms with Crippen molar-refractivity contribution in [1.29, 1.82) is 0 Å². The lowest BCUT2D eigenvalue weighted by molar-refractivity contribution is -0.143. The summed E-state index contributed by atoms with van der Waals surface area (Å²) in [6, 6.07) is 22.5. The number of halogens is 3. The summed E-state index contributed by atoms with van der Waals surface area (Å²) >= 11 is 0. The van der Waals surface area contributed by atoms with Crippen LogP contribution in [0.3, 0.4) is 0 Å². The number of alkyl halides is 3. The van der Waals surface area contributed by atoms with Crippen LogP contribution < -0.4 is 0 Å². The predicted octanol–water partition coefficient (Wildman–Crippen LogP) is 6.26. The Morgan fingerprint density at radius 1 is 0.906 bits per heavy atom. The van der Waals surface area contributed by atoms with E-state index < -0.39 is 29.7 Å². The number of likely N-dealkylation sites (tertiary alicyclic amines) is 1. The molecule has 6 heteroatoms. The van der Waals surface area contributed by atoms with Gasteiger partial charge in [-0.15, -0.1) is 0 Å². The fourth-order valence-corrected chi connectivity index (χ4v) is 4.43. The van der Waals surface area contributed by atoms with Crippen LogP contribution in [-0.4, -0.2) is 29.1 Å². The van der Waals surface area contributed by atoms with Crippen LogP contribution in [0.1, 0.15) is 35.6 Å². The molecule has 1 N–H and O–H groups in total. The average Bonchev–Trinajstić information content (AvgIpc) is 2.80. The van der Waals surface area contributed by atoms with E-state index in [0.717, 1.165) is 22.8 Å². The van der Waals surface area contributed by atoms with Crippen LogP contribution >= 0.6 is 0 Å². The first-order valence-corrected chi connectivity index (χ1v) is 10.6. The molecule has 3 aromatic carbocycles. The van der Waals surface area contributed by atoms with Gasteiger partial charge in [0.15, 0.2) is 0 Å². The van der Waals surface area contributed by atoms with E-state index in [4.69, 9.17) is 0 Å². The van der Waals surface area contributed by atoms with Gasteiger partial charge in [0, 0.05) is 6.54 Å². The minimum atomic E-state index is -4.44. The van der Waals surface area contributed by atoms with Gasteiger partial charge in [0.25, 0.3) is 0 Å². The lowest BCUT2D eigenvalue weighted by Gasteiger charge is -2.38. The third kappa shape index (κ3) is 4.86. The van der Waals surface area contributed by atoms with Gasteiger partial charge in [0.1, 0.15) is 0 Å². The van der Waals surface area contributed by atoms with Gasteiger partial charge in [-0.2, -0.15) is 13.2 Å². The molecular weight excluding hydrogens is 415 g/mol. The van der Waals surface area contributed by atoms with Gasteiger partial charge in [-0.1, -0.05) is 66.7 Å². The first-order valence-electron chi connectivity index (χ1n) is 10.6. The number of rotatable bonds is 5. The summed E-state index contributed by atoms with van der Waals surface area (Å²) in [5, 5.41) is 9.52. The van der Waals surface area contributed by atoms with Crippen LogP contribution in [0.2, 0.25) is 0 Å². The standard InChI is InChI=1S/C26H24F3NO2/c27-26(28,29)23-10-4-8-21(16-23)24(30-15-5-9-22(17-30)25(31)32)20-13-11-19(12-14-20)18-6-2-1-3-7-18/h1-4,6-8,10-14,16,22,24H,5,9,15,17H2,(H,31,32). The minimum Gasteiger partial charge on any atom is -0.481 e. The number of hydrogen-bond acceptors (Lipinski definition) is 2. The van der Waals surface area contributed by atoms with Gasteiger partial charge in [-0.05, 0) is 53.8 Å². The highest BCUT2D eigenvalue weighted by atomic mass is 19.4. The Morgan fingerprint density at radius 3 is 2.25 bits per heavy atom. The topological polar surface area (TPSA) is 40.5 Å². The number of benzene rings is 3. The van der Waals surface area contributed by atoms with Crippen LogP contribution in [-0.2, 0) is 11.0 Å². The number of carboxylic acid groups (broad SMARTS) is 1. The first kappa shape index (κ1) is 22.1. The van der Waals surface area contributed by atoms with E-state index in [9.17, 15) is 23.1 Å². The molecule has 1 heterocycles. The maximum atomic E-state index is 13.4. The second kappa shape index (κ2) is 9.17. The molecule has 1 saturated heterocycles. The van der Waals surface area contributed by atoms with E-state index in [0.29, 0.717) is 31.5 Å². The largest absolute Gasteiger partial charge is 0.481 e. The SMILES string of the molecule is O=C(O)C1CCCN(C(c2ccc(-c3ccccc3)cc2)c2cccc(C(F)(F)F)c2)C1. The number of nitrogens with zero attached hydrogens (tertiary/aromatic N) is 1. The Hall–Kier alpha value is -3.12. The maximum absolute atomic E-state index is 13.4. The van der Waals surface area contributed by atoms with Crippen molar-refractivity contribution in [1.82, 2.24) is 4.90 Å². The normalized spacial score (nSPS) is 18.3. The van der Waals surface area contributed by atoms with Gasteiger partial charge >= 0.3 is 12.1 Å². The van der Waals surface area contributed by atoms with Gasteiger partial charge in [0.2, 0.25) is 0 Å². The van der Waals surface area contributed by atoms with Crippen molar-refractivity contribution in [2.45, 2.75) is 25.1 Å². The zero-order valence-electron chi connectivity index (χ0n) is 17.4. The summed E-state index contributed by atoms with van der Waals surface area (Å²) in [4.78, 5) is 13.6. The Balaban J connectivity index is 1.73. The van der Waals surface area contributed by atoms with Gasteiger partial charge in [-0.25, -0.2) is 0 Å². The third-order valence-electron chi connectivity index (χ3n) is 6.03. The highest BCUT2D eigenvalue weighted by Crippen LogP contribution is 2.37. The van der Waals surface area contributed by atoms with Gasteiger partial charge < -0.3 is 5.11 Å². The summed E-state index contributed by atoms with van der Waals surface area (Å²) in [6.45, 7) is 0.932. The second-order valence-electron chi connectivity index (χ2n) is 8.19. The van der Waals surface area contributed by atoms with E-state index in [-0.39, 0.29) is 0 Å². The highest BCUT2D eigenvalue weighted by molar-refractivity contribution is 5.70. The predicted molar refractivity (Wildman–Crippen MR) is 117 cm³/mol. The summed E-state index contributed by atoms with van der Waals surface area (Å²) in [7, 11) is 0. The molecule has 2 atom stereocenters. The molecule has 0 radical (unpaired) electrons. The molecule has 0 amide bonds. The lowest BCUT2D eigenvalue weighted by Crippen LogP contribution is -2.41.